The molecule has 1 spiro atoms. The smallest absolute Gasteiger partial charge is 0.311 e. The first kappa shape index (κ1) is 10.5. The molecule has 0 saturated carbocycles. The van der Waals surface area contributed by atoms with Gasteiger partial charge in [0.1, 0.15) is 5.60 Å². The van der Waals surface area contributed by atoms with Crippen LogP contribution in [0.25, 0.3) is 0 Å². The molecule has 1 saturated heterocycles. The maximum absolute atomic E-state index is 10.9. The third-order valence-corrected chi connectivity index (χ3v) is 3.51. The van der Waals surface area contributed by atoms with Gasteiger partial charge in [-0.25, -0.2) is 0 Å². The molecule has 0 unspecified atom stereocenters. The SMILES string of the molecule is O=[N+]([O-])c1cccc2c1OC1(CCOCC1)C2. The summed E-state index contributed by atoms with van der Waals surface area (Å²) in [5, 5.41) is 10.9. The first-order valence-electron chi connectivity index (χ1n) is 5.73. The lowest BCUT2D eigenvalue weighted by atomic mass is 9.89. The van der Waals surface area contributed by atoms with Gasteiger partial charge in [-0.15, -0.1) is 0 Å². The fourth-order valence-electron chi connectivity index (χ4n) is 2.59. The molecule has 2 aliphatic heterocycles. The van der Waals surface area contributed by atoms with Crippen LogP contribution >= 0.6 is 0 Å². The number of hydrogen-bond acceptors (Lipinski definition) is 4. The lowest BCUT2D eigenvalue weighted by molar-refractivity contribution is -0.386. The minimum Gasteiger partial charge on any atom is -0.479 e. The Morgan fingerprint density at radius 2 is 2.06 bits per heavy atom. The summed E-state index contributed by atoms with van der Waals surface area (Å²) in [5.41, 5.74) is 0.749. The molecule has 2 aliphatic rings. The van der Waals surface area contributed by atoms with Crippen molar-refractivity contribution in [2.75, 3.05) is 13.2 Å². The van der Waals surface area contributed by atoms with Crippen LogP contribution < -0.4 is 4.74 Å². The Hall–Kier alpha value is -1.62. The number of hydrogen-bond donors (Lipinski definition) is 0. The second-order valence-electron chi connectivity index (χ2n) is 4.60. The zero-order valence-corrected chi connectivity index (χ0v) is 9.35. The second kappa shape index (κ2) is 3.70. The van der Waals surface area contributed by atoms with Crippen LogP contribution in [-0.2, 0) is 11.2 Å². The van der Waals surface area contributed by atoms with E-state index in [-0.39, 0.29) is 16.2 Å². The first-order chi connectivity index (χ1) is 8.20. The maximum Gasteiger partial charge on any atom is 0.311 e. The Balaban J connectivity index is 1.97. The number of benzene rings is 1. The van der Waals surface area contributed by atoms with Crippen molar-refractivity contribution in [1.29, 1.82) is 0 Å². The van der Waals surface area contributed by atoms with Crippen molar-refractivity contribution in [2.45, 2.75) is 24.9 Å². The zero-order valence-electron chi connectivity index (χ0n) is 9.35. The second-order valence-corrected chi connectivity index (χ2v) is 4.60. The predicted molar refractivity (Wildman–Crippen MR) is 60.2 cm³/mol. The summed E-state index contributed by atoms with van der Waals surface area (Å²) >= 11 is 0. The lowest BCUT2D eigenvalue weighted by Gasteiger charge is -2.32. The molecule has 0 amide bonds. The minimum atomic E-state index is -0.378. The van der Waals surface area contributed by atoms with E-state index in [1.54, 1.807) is 6.07 Å². The summed E-state index contributed by atoms with van der Waals surface area (Å²) in [6.07, 6.45) is 2.37. The molecule has 0 aliphatic carbocycles. The monoisotopic (exact) mass is 235 g/mol. The van der Waals surface area contributed by atoms with Crippen molar-refractivity contribution in [1.82, 2.24) is 0 Å². The van der Waals surface area contributed by atoms with Gasteiger partial charge < -0.3 is 9.47 Å². The lowest BCUT2D eigenvalue weighted by Crippen LogP contribution is -2.40. The van der Waals surface area contributed by atoms with E-state index in [0.29, 0.717) is 19.0 Å². The first-order valence-corrected chi connectivity index (χ1v) is 5.73. The molecule has 17 heavy (non-hydrogen) atoms. The Morgan fingerprint density at radius 1 is 1.29 bits per heavy atom. The highest BCUT2D eigenvalue weighted by Gasteiger charge is 2.43. The summed E-state index contributed by atoms with van der Waals surface area (Å²) in [7, 11) is 0. The van der Waals surface area contributed by atoms with Crippen molar-refractivity contribution >= 4 is 5.69 Å². The summed E-state index contributed by atoms with van der Waals surface area (Å²) in [6.45, 7) is 1.34. The Kier molecular flexibility index (Phi) is 2.29. The molecule has 0 bridgehead atoms. The molecule has 0 radical (unpaired) electrons. The van der Waals surface area contributed by atoms with Crippen LogP contribution in [0.15, 0.2) is 18.2 Å². The number of fused-ring (bicyclic) bond motifs is 1. The van der Waals surface area contributed by atoms with Crippen LogP contribution in [0.5, 0.6) is 5.75 Å². The molecule has 0 atom stereocenters. The van der Waals surface area contributed by atoms with E-state index in [0.717, 1.165) is 24.8 Å². The largest absolute Gasteiger partial charge is 0.479 e. The van der Waals surface area contributed by atoms with Crippen LogP contribution in [0.1, 0.15) is 18.4 Å². The van der Waals surface area contributed by atoms with E-state index < -0.39 is 0 Å². The molecule has 5 nitrogen and oxygen atoms in total. The van der Waals surface area contributed by atoms with Crippen molar-refractivity contribution in [3.8, 4) is 5.75 Å². The van der Waals surface area contributed by atoms with Gasteiger partial charge in [-0.2, -0.15) is 0 Å². The highest BCUT2D eigenvalue weighted by atomic mass is 16.6. The molecule has 90 valence electrons. The highest BCUT2D eigenvalue weighted by Crippen LogP contribution is 2.45. The van der Waals surface area contributed by atoms with Crippen LogP contribution in [0.4, 0.5) is 5.69 Å². The fourth-order valence-corrected chi connectivity index (χ4v) is 2.59. The summed E-state index contributed by atoms with van der Waals surface area (Å²) in [4.78, 5) is 10.6. The Morgan fingerprint density at radius 3 is 2.76 bits per heavy atom. The average molecular weight is 235 g/mol. The maximum atomic E-state index is 10.9. The summed E-state index contributed by atoms with van der Waals surface area (Å²) in [6, 6.07) is 5.13. The van der Waals surface area contributed by atoms with Crippen LogP contribution in [-0.4, -0.2) is 23.7 Å². The number of rotatable bonds is 1. The average Bonchev–Trinajstić information content (AvgIpc) is 2.66. The van der Waals surface area contributed by atoms with Crippen molar-refractivity contribution in [3.05, 3.63) is 33.9 Å². The van der Waals surface area contributed by atoms with Crippen LogP contribution in [0, 0.1) is 10.1 Å². The Bertz CT molecular complexity index is 466. The van der Waals surface area contributed by atoms with Gasteiger partial charge in [0.15, 0.2) is 0 Å². The molecule has 3 rings (SSSR count). The molecule has 1 aromatic rings. The topological polar surface area (TPSA) is 61.6 Å². The van der Waals surface area contributed by atoms with E-state index in [1.165, 1.54) is 6.07 Å². The van der Waals surface area contributed by atoms with Gasteiger partial charge >= 0.3 is 5.69 Å². The molecule has 1 fully saturated rings. The van der Waals surface area contributed by atoms with Gasteiger partial charge in [0, 0.05) is 30.9 Å². The molecule has 2 heterocycles. The number of ether oxygens (including phenoxy) is 2. The predicted octanol–water partition coefficient (Wildman–Crippen LogP) is 2.08. The number of nitrogens with zero attached hydrogens (tertiary/aromatic N) is 1. The number of nitro benzene ring substituents is 1. The van der Waals surface area contributed by atoms with Crippen LogP contribution in [0.3, 0.4) is 0 Å². The molecular formula is C12H13NO4. The minimum absolute atomic E-state index is 0.0749. The third kappa shape index (κ3) is 1.67. The normalized spacial score (nSPS) is 20.9. The van der Waals surface area contributed by atoms with Crippen molar-refractivity contribution in [3.63, 3.8) is 0 Å². The molecule has 1 aromatic carbocycles. The third-order valence-electron chi connectivity index (χ3n) is 3.51. The molecule has 0 aromatic heterocycles. The molecular weight excluding hydrogens is 222 g/mol. The van der Waals surface area contributed by atoms with Crippen molar-refractivity contribution in [2.24, 2.45) is 0 Å². The van der Waals surface area contributed by atoms with E-state index in [1.807, 2.05) is 6.07 Å². The van der Waals surface area contributed by atoms with E-state index >= 15 is 0 Å². The van der Waals surface area contributed by atoms with Gasteiger partial charge in [0.05, 0.1) is 18.1 Å². The quantitative estimate of drug-likeness (QED) is 0.552. The van der Waals surface area contributed by atoms with E-state index in [4.69, 9.17) is 9.47 Å². The van der Waals surface area contributed by atoms with Crippen molar-refractivity contribution < 1.29 is 14.4 Å². The Labute approximate surface area is 98.5 Å². The van der Waals surface area contributed by atoms with Gasteiger partial charge in [-0.05, 0) is 0 Å². The number of para-hydroxylation sites is 1. The molecule has 5 heteroatoms. The van der Waals surface area contributed by atoms with E-state index in [9.17, 15) is 10.1 Å². The fraction of sp³-hybridized carbons (Fsp3) is 0.500. The standard InChI is InChI=1S/C12H13NO4/c14-13(15)10-3-1-2-9-8-12(17-11(9)10)4-6-16-7-5-12/h1-3H,4-8H2. The summed E-state index contributed by atoms with van der Waals surface area (Å²) in [5.74, 6) is 0.458. The van der Waals surface area contributed by atoms with E-state index in [2.05, 4.69) is 0 Å². The highest BCUT2D eigenvalue weighted by molar-refractivity contribution is 5.54. The van der Waals surface area contributed by atoms with Gasteiger partial charge in [-0.1, -0.05) is 12.1 Å². The van der Waals surface area contributed by atoms with Gasteiger partial charge in [0.2, 0.25) is 5.75 Å². The summed E-state index contributed by atoms with van der Waals surface area (Å²) < 4.78 is 11.2. The van der Waals surface area contributed by atoms with Gasteiger partial charge in [-0.3, -0.25) is 10.1 Å². The zero-order chi connectivity index (χ0) is 11.9. The number of nitro groups is 1. The molecule has 0 N–H and O–H groups in total. The van der Waals surface area contributed by atoms with Crippen LogP contribution in [0.2, 0.25) is 0 Å². The van der Waals surface area contributed by atoms with Gasteiger partial charge in [0.25, 0.3) is 0 Å².